The fourth-order valence-electron chi connectivity index (χ4n) is 0.965. The fraction of sp³-hybridized carbons (Fsp3) is 0.500. The van der Waals surface area contributed by atoms with Crippen molar-refractivity contribution < 1.29 is 31.9 Å². The minimum Gasteiger partial charge on any atom is -0.542 e. The standard InChI is InChI=1S/C8H11F2N3.C2HF3O2/c1-3-4-5-7-6-11-12-13(7)8(2,9)10;3-2(4,5)1(6)7/h3-4,6H,5H2,1-2H3;(H,6,7)/p-1/b4-3+;. The molecule has 0 radical (unpaired) electrons. The third-order valence-corrected chi connectivity index (χ3v) is 1.79. The van der Waals surface area contributed by atoms with E-state index in [0.29, 0.717) is 16.8 Å². The second-order valence-corrected chi connectivity index (χ2v) is 3.54. The number of rotatable bonds is 3. The first-order valence-corrected chi connectivity index (χ1v) is 5.17. The first kappa shape index (κ1) is 18.0. The molecule has 1 heterocycles. The summed E-state index contributed by atoms with van der Waals surface area (Å²) < 4.78 is 57.8. The Morgan fingerprint density at radius 2 is 1.90 bits per heavy atom. The van der Waals surface area contributed by atoms with E-state index in [0.717, 1.165) is 6.92 Å². The van der Waals surface area contributed by atoms with Gasteiger partial charge in [0, 0.05) is 13.3 Å². The Morgan fingerprint density at radius 3 is 2.25 bits per heavy atom. The zero-order valence-corrected chi connectivity index (χ0v) is 10.5. The highest BCUT2D eigenvalue weighted by Gasteiger charge is 2.29. The SMILES string of the molecule is C/C=C/Cc1cnnn1C(C)(F)F.O=C([O-])C(F)(F)F. The molecule has 0 saturated heterocycles. The molecule has 0 amide bonds. The number of aromatic nitrogens is 3. The summed E-state index contributed by atoms with van der Waals surface area (Å²) in [6, 6.07) is -2.98. The summed E-state index contributed by atoms with van der Waals surface area (Å²) in [5.74, 6) is -3.01. The molecule has 5 nitrogen and oxygen atoms in total. The normalized spacial score (nSPS) is 12.2. The second-order valence-electron chi connectivity index (χ2n) is 3.54. The van der Waals surface area contributed by atoms with E-state index in [1.54, 1.807) is 12.2 Å². The summed E-state index contributed by atoms with van der Waals surface area (Å²) in [6.07, 6.45) is 0.149. The van der Waals surface area contributed by atoms with Gasteiger partial charge in [0.05, 0.1) is 11.9 Å². The Balaban J connectivity index is 0.000000441. The van der Waals surface area contributed by atoms with E-state index < -0.39 is 18.2 Å². The number of halogens is 5. The number of hydrogen-bond acceptors (Lipinski definition) is 4. The van der Waals surface area contributed by atoms with Crippen LogP contribution in [0.4, 0.5) is 22.0 Å². The van der Waals surface area contributed by atoms with Gasteiger partial charge in [-0.3, -0.25) is 0 Å². The van der Waals surface area contributed by atoms with Gasteiger partial charge in [-0.05, 0) is 6.92 Å². The molecular formula is C10H11F5N3O2-. The summed E-state index contributed by atoms with van der Waals surface area (Å²) >= 11 is 0. The van der Waals surface area contributed by atoms with Crippen LogP contribution >= 0.6 is 0 Å². The highest BCUT2D eigenvalue weighted by atomic mass is 19.4. The lowest BCUT2D eigenvalue weighted by atomic mass is 10.3. The van der Waals surface area contributed by atoms with Gasteiger partial charge in [-0.25, -0.2) is 0 Å². The van der Waals surface area contributed by atoms with Crippen LogP contribution in [-0.2, 0) is 17.3 Å². The summed E-state index contributed by atoms with van der Waals surface area (Å²) in [7, 11) is 0. The molecule has 114 valence electrons. The van der Waals surface area contributed by atoms with Crippen LogP contribution in [0.3, 0.4) is 0 Å². The first-order chi connectivity index (χ1) is 9.00. The molecule has 20 heavy (non-hydrogen) atoms. The lowest BCUT2D eigenvalue weighted by Crippen LogP contribution is -2.37. The number of alkyl halides is 5. The van der Waals surface area contributed by atoms with Crippen molar-refractivity contribution in [2.45, 2.75) is 32.5 Å². The van der Waals surface area contributed by atoms with Gasteiger partial charge in [0.15, 0.2) is 0 Å². The van der Waals surface area contributed by atoms with E-state index in [1.807, 2.05) is 6.92 Å². The maximum atomic E-state index is 12.8. The Hall–Kier alpha value is -2.00. The summed E-state index contributed by atoms with van der Waals surface area (Å²) in [4.78, 5) is 8.78. The van der Waals surface area contributed by atoms with Gasteiger partial charge in [-0.2, -0.15) is 26.6 Å². The van der Waals surface area contributed by atoms with E-state index in [-0.39, 0.29) is 0 Å². The van der Waals surface area contributed by atoms with Gasteiger partial charge in [-0.15, -0.1) is 5.10 Å². The third kappa shape index (κ3) is 6.25. The van der Waals surface area contributed by atoms with Crippen molar-refractivity contribution >= 4 is 5.97 Å². The number of carboxylic acid groups (broad SMARTS) is 1. The van der Waals surface area contributed by atoms with Gasteiger partial charge in [0.2, 0.25) is 0 Å². The molecule has 10 heteroatoms. The lowest BCUT2D eigenvalue weighted by Gasteiger charge is -2.11. The topological polar surface area (TPSA) is 70.8 Å². The van der Waals surface area contributed by atoms with Crippen LogP contribution in [0.15, 0.2) is 18.3 Å². The van der Waals surface area contributed by atoms with Gasteiger partial charge in [-0.1, -0.05) is 17.4 Å². The Labute approximate surface area is 110 Å². The lowest BCUT2D eigenvalue weighted by molar-refractivity contribution is -0.344. The monoisotopic (exact) mass is 300 g/mol. The molecule has 0 fully saturated rings. The van der Waals surface area contributed by atoms with Crippen molar-refractivity contribution in [3.8, 4) is 0 Å². The molecule has 0 N–H and O–H groups in total. The fourth-order valence-corrected chi connectivity index (χ4v) is 0.965. The van der Waals surface area contributed by atoms with Crippen LogP contribution in [0, 0.1) is 0 Å². The van der Waals surface area contributed by atoms with Crippen LogP contribution < -0.4 is 5.11 Å². The molecule has 1 aromatic heterocycles. The summed E-state index contributed by atoms with van der Waals surface area (Å²) in [5.41, 5.74) is 0.408. The van der Waals surface area contributed by atoms with Crippen molar-refractivity contribution in [2.24, 2.45) is 0 Å². The summed E-state index contributed by atoms with van der Waals surface area (Å²) in [6.45, 7) is 2.62. The van der Waals surface area contributed by atoms with Crippen LogP contribution in [-0.4, -0.2) is 27.1 Å². The van der Waals surface area contributed by atoms with Crippen molar-refractivity contribution in [2.75, 3.05) is 0 Å². The Morgan fingerprint density at radius 1 is 1.40 bits per heavy atom. The number of carboxylic acids is 1. The molecule has 0 aliphatic rings. The van der Waals surface area contributed by atoms with Gasteiger partial charge < -0.3 is 9.90 Å². The molecule has 0 aliphatic carbocycles. The number of aliphatic carboxylic acids is 1. The number of hydrogen-bond donors (Lipinski definition) is 0. The molecule has 0 atom stereocenters. The predicted octanol–water partition coefficient (Wildman–Crippen LogP) is 1.26. The van der Waals surface area contributed by atoms with Crippen molar-refractivity contribution in [3.63, 3.8) is 0 Å². The second kappa shape index (κ2) is 6.96. The molecule has 1 rings (SSSR count). The minimum absolute atomic E-state index is 0.408. The molecule has 0 spiro atoms. The molecule has 1 aromatic rings. The average Bonchev–Trinajstić information content (AvgIpc) is 2.73. The molecule has 0 aromatic carbocycles. The number of nitrogens with zero attached hydrogens (tertiary/aromatic N) is 3. The first-order valence-electron chi connectivity index (χ1n) is 5.17. The quantitative estimate of drug-likeness (QED) is 0.622. The maximum Gasteiger partial charge on any atom is 0.430 e. The van der Waals surface area contributed by atoms with Gasteiger partial charge in [0.1, 0.15) is 5.97 Å². The Bertz CT molecular complexity index is 462. The third-order valence-electron chi connectivity index (χ3n) is 1.79. The largest absolute Gasteiger partial charge is 0.542 e. The van der Waals surface area contributed by atoms with Crippen molar-refractivity contribution in [1.29, 1.82) is 0 Å². The molecule has 0 bridgehead atoms. The maximum absolute atomic E-state index is 12.8. The molecule has 0 aliphatic heterocycles. The molecule has 0 saturated carbocycles. The van der Waals surface area contributed by atoms with E-state index in [4.69, 9.17) is 9.90 Å². The van der Waals surface area contributed by atoms with Crippen LogP contribution in [0.1, 0.15) is 19.5 Å². The van der Waals surface area contributed by atoms with Gasteiger partial charge >= 0.3 is 12.2 Å². The molecular weight excluding hydrogens is 289 g/mol. The van der Waals surface area contributed by atoms with E-state index in [1.165, 1.54) is 6.20 Å². The van der Waals surface area contributed by atoms with Crippen LogP contribution in [0.5, 0.6) is 0 Å². The highest BCUT2D eigenvalue weighted by molar-refractivity contribution is 5.70. The van der Waals surface area contributed by atoms with Crippen LogP contribution in [0.25, 0.3) is 0 Å². The van der Waals surface area contributed by atoms with Crippen LogP contribution in [0.2, 0.25) is 0 Å². The molecule has 0 unspecified atom stereocenters. The minimum atomic E-state index is -5.19. The van der Waals surface area contributed by atoms with E-state index in [9.17, 15) is 22.0 Å². The van der Waals surface area contributed by atoms with Crippen molar-refractivity contribution in [1.82, 2.24) is 15.0 Å². The van der Waals surface area contributed by atoms with Crippen molar-refractivity contribution in [3.05, 3.63) is 24.0 Å². The zero-order valence-electron chi connectivity index (χ0n) is 10.5. The Kier molecular flexibility index (Phi) is 6.27. The smallest absolute Gasteiger partial charge is 0.430 e. The number of allylic oxidation sites excluding steroid dienone is 2. The highest BCUT2D eigenvalue weighted by Crippen LogP contribution is 2.19. The summed E-state index contributed by atoms with van der Waals surface area (Å²) in [5, 5.41) is 15.5. The number of carbonyl (C=O) groups excluding carboxylic acids is 1. The van der Waals surface area contributed by atoms with Gasteiger partial charge in [0.25, 0.3) is 0 Å². The predicted molar refractivity (Wildman–Crippen MR) is 55.5 cm³/mol. The average molecular weight is 300 g/mol. The zero-order chi connectivity index (χ0) is 16.0. The number of carbonyl (C=O) groups is 1. The van der Waals surface area contributed by atoms with E-state index in [2.05, 4.69) is 10.3 Å². The van der Waals surface area contributed by atoms with E-state index >= 15 is 0 Å².